The number of carbonyl (C=O) groups is 2. The highest BCUT2D eigenvalue weighted by atomic mass is 19.1. The Labute approximate surface area is 111 Å². The van der Waals surface area contributed by atoms with E-state index in [0.717, 1.165) is 5.56 Å². The van der Waals surface area contributed by atoms with E-state index in [9.17, 15) is 14.0 Å². The molecule has 1 fully saturated rings. The third kappa shape index (κ3) is 2.45. The van der Waals surface area contributed by atoms with Crippen LogP contribution in [0, 0.1) is 5.82 Å². The number of piperazine rings is 1. The van der Waals surface area contributed by atoms with E-state index < -0.39 is 5.54 Å². The van der Waals surface area contributed by atoms with E-state index in [4.69, 9.17) is 0 Å². The third-order valence-corrected chi connectivity index (χ3v) is 3.73. The van der Waals surface area contributed by atoms with Crippen LogP contribution >= 0.6 is 0 Å². The van der Waals surface area contributed by atoms with Gasteiger partial charge in [-0.25, -0.2) is 4.39 Å². The van der Waals surface area contributed by atoms with Gasteiger partial charge < -0.3 is 10.2 Å². The maximum absolute atomic E-state index is 12.9. The molecule has 1 aromatic carbocycles. The van der Waals surface area contributed by atoms with E-state index in [1.807, 2.05) is 6.92 Å². The van der Waals surface area contributed by atoms with Crippen LogP contribution in [0.3, 0.4) is 0 Å². The number of hydrogen-bond acceptors (Lipinski definition) is 2. The van der Waals surface area contributed by atoms with Crippen LogP contribution in [-0.4, -0.2) is 28.8 Å². The molecule has 1 atom stereocenters. The zero-order valence-electron chi connectivity index (χ0n) is 11.1. The molecule has 0 aliphatic carbocycles. The topological polar surface area (TPSA) is 49.4 Å². The first-order valence-electron chi connectivity index (χ1n) is 6.30. The Morgan fingerprint density at radius 1 is 1.32 bits per heavy atom. The number of nitrogens with zero attached hydrogens (tertiary/aromatic N) is 1. The second-order valence-electron chi connectivity index (χ2n) is 4.92. The molecule has 2 amide bonds. The van der Waals surface area contributed by atoms with Crippen LogP contribution in [0.15, 0.2) is 24.3 Å². The first kappa shape index (κ1) is 13.5. The lowest BCUT2D eigenvalue weighted by molar-refractivity contribution is -0.153. The number of hydrogen-bond donors (Lipinski definition) is 1. The summed E-state index contributed by atoms with van der Waals surface area (Å²) >= 11 is 0. The molecule has 0 aromatic heterocycles. The van der Waals surface area contributed by atoms with Crippen molar-refractivity contribution < 1.29 is 14.0 Å². The van der Waals surface area contributed by atoms with Crippen LogP contribution in [0.2, 0.25) is 0 Å². The quantitative estimate of drug-likeness (QED) is 0.898. The fraction of sp³-hybridized carbons (Fsp3) is 0.429. The van der Waals surface area contributed by atoms with Crippen LogP contribution in [0.25, 0.3) is 0 Å². The van der Waals surface area contributed by atoms with E-state index in [1.54, 1.807) is 24.0 Å². The van der Waals surface area contributed by atoms with Gasteiger partial charge in [-0.15, -0.1) is 0 Å². The Balaban J connectivity index is 2.26. The predicted molar refractivity (Wildman–Crippen MR) is 68.7 cm³/mol. The molecule has 0 spiro atoms. The molecule has 1 aliphatic heterocycles. The standard InChI is InChI=1S/C14H17FN2O2/c1-3-14(2)13(19)16-8-12(18)17(14)9-10-4-6-11(15)7-5-10/h4-7H,3,8-9H2,1-2H3,(H,16,19). The molecule has 1 N–H and O–H groups in total. The molecule has 1 aliphatic rings. The minimum absolute atomic E-state index is 0.0234. The van der Waals surface area contributed by atoms with Gasteiger partial charge in [0.15, 0.2) is 0 Å². The number of amides is 2. The largest absolute Gasteiger partial charge is 0.345 e. The van der Waals surface area contributed by atoms with Crippen LogP contribution in [-0.2, 0) is 16.1 Å². The summed E-state index contributed by atoms with van der Waals surface area (Å²) < 4.78 is 12.9. The molecule has 102 valence electrons. The van der Waals surface area contributed by atoms with Gasteiger partial charge in [-0.3, -0.25) is 9.59 Å². The van der Waals surface area contributed by atoms with Crippen molar-refractivity contribution in [1.29, 1.82) is 0 Å². The average molecular weight is 264 g/mol. The summed E-state index contributed by atoms with van der Waals surface area (Å²) in [5.41, 5.74) is -0.0342. The second kappa shape index (κ2) is 4.99. The molecule has 5 heteroatoms. The Bertz CT molecular complexity index is 501. The van der Waals surface area contributed by atoms with Gasteiger partial charge >= 0.3 is 0 Å². The SMILES string of the molecule is CCC1(C)C(=O)NCC(=O)N1Cc1ccc(F)cc1. The maximum Gasteiger partial charge on any atom is 0.246 e. The number of rotatable bonds is 3. The van der Waals surface area contributed by atoms with Crippen LogP contribution in [0.1, 0.15) is 25.8 Å². The normalized spacial score (nSPS) is 23.4. The molecular weight excluding hydrogens is 247 g/mol. The third-order valence-electron chi connectivity index (χ3n) is 3.73. The maximum atomic E-state index is 12.9. The van der Waals surface area contributed by atoms with Gasteiger partial charge in [0.2, 0.25) is 11.8 Å². The first-order valence-corrected chi connectivity index (χ1v) is 6.30. The Morgan fingerprint density at radius 2 is 1.95 bits per heavy atom. The Hall–Kier alpha value is -1.91. The molecule has 1 saturated heterocycles. The minimum Gasteiger partial charge on any atom is -0.345 e. The molecule has 19 heavy (non-hydrogen) atoms. The summed E-state index contributed by atoms with van der Waals surface area (Å²) in [7, 11) is 0. The van der Waals surface area contributed by atoms with E-state index >= 15 is 0 Å². The molecule has 4 nitrogen and oxygen atoms in total. The smallest absolute Gasteiger partial charge is 0.246 e. The van der Waals surface area contributed by atoms with Crippen LogP contribution in [0.4, 0.5) is 4.39 Å². The summed E-state index contributed by atoms with van der Waals surface area (Å²) in [5, 5.41) is 2.61. The molecule has 2 rings (SSSR count). The molecule has 1 aromatic rings. The van der Waals surface area contributed by atoms with Gasteiger partial charge in [0, 0.05) is 6.54 Å². The second-order valence-corrected chi connectivity index (χ2v) is 4.92. The van der Waals surface area contributed by atoms with Crippen molar-refractivity contribution in [3.8, 4) is 0 Å². The molecule has 0 bridgehead atoms. The van der Waals surface area contributed by atoms with Crippen molar-refractivity contribution in [2.24, 2.45) is 0 Å². The monoisotopic (exact) mass is 264 g/mol. The van der Waals surface area contributed by atoms with Crippen molar-refractivity contribution >= 4 is 11.8 Å². The number of carbonyl (C=O) groups excluding carboxylic acids is 2. The van der Waals surface area contributed by atoms with Crippen LogP contribution in [0.5, 0.6) is 0 Å². The Morgan fingerprint density at radius 3 is 2.53 bits per heavy atom. The van der Waals surface area contributed by atoms with Crippen molar-refractivity contribution in [2.75, 3.05) is 6.54 Å². The lowest BCUT2D eigenvalue weighted by atomic mass is 9.92. The summed E-state index contributed by atoms with van der Waals surface area (Å²) in [5.74, 6) is -0.574. The summed E-state index contributed by atoms with van der Waals surface area (Å²) in [4.78, 5) is 25.6. The fourth-order valence-electron chi connectivity index (χ4n) is 2.23. The summed E-state index contributed by atoms with van der Waals surface area (Å²) in [6.07, 6.45) is 0.534. The molecule has 1 unspecified atom stereocenters. The lowest BCUT2D eigenvalue weighted by Gasteiger charge is -2.43. The average Bonchev–Trinajstić information content (AvgIpc) is 2.41. The van der Waals surface area contributed by atoms with E-state index in [1.165, 1.54) is 12.1 Å². The number of nitrogens with one attached hydrogen (secondary N) is 1. The van der Waals surface area contributed by atoms with Crippen molar-refractivity contribution in [1.82, 2.24) is 10.2 Å². The van der Waals surface area contributed by atoms with Crippen molar-refractivity contribution in [2.45, 2.75) is 32.4 Å². The van der Waals surface area contributed by atoms with E-state index in [0.29, 0.717) is 13.0 Å². The van der Waals surface area contributed by atoms with E-state index in [-0.39, 0.29) is 24.2 Å². The fourth-order valence-corrected chi connectivity index (χ4v) is 2.23. The van der Waals surface area contributed by atoms with E-state index in [2.05, 4.69) is 5.32 Å². The van der Waals surface area contributed by atoms with Gasteiger partial charge in [-0.1, -0.05) is 19.1 Å². The highest BCUT2D eigenvalue weighted by molar-refractivity contribution is 5.97. The first-order chi connectivity index (χ1) is 8.97. The predicted octanol–water partition coefficient (Wildman–Crippen LogP) is 1.45. The van der Waals surface area contributed by atoms with Gasteiger partial charge in [0.1, 0.15) is 11.4 Å². The zero-order valence-corrected chi connectivity index (χ0v) is 11.1. The lowest BCUT2D eigenvalue weighted by Crippen LogP contribution is -2.65. The molecule has 0 saturated carbocycles. The number of halogens is 1. The van der Waals surface area contributed by atoms with Gasteiger partial charge in [0.25, 0.3) is 0 Å². The van der Waals surface area contributed by atoms with Crippen molar-refractivity contribution in [3.63, 3.8) is 0 Å². The molecular formula is C14H17FN2O2. The van der Waals surface area contributed by atoms with Gasteiger partial charge in [0.05, 0.1) is 6.54 Å². The minimum atomic E-state index is -0.844. The number of benzene rings is 1. The zero-order chi connectivity index (χ0) is 14.0. The van der Waals surface area contributed by atoms with Gasteiger partial charge in [-0.2, -0.15) is 0 Å². The van der Waals surface area contributed by atoms with Crippen molar-refractivity contribution in [3.05, 3.63) is 35.6 Å². The van der Waals surface area contributed by atoms with Crippen LogP contribution < -0.4 is 5.32 Å². The molecule has 0 radical (unpaired) electrons. The van der Waals surface area contributed by atoms with Gasteiger partial charge in [-0.05, 0) is 31.0 Å². The highest BCUT2D eigenvalue weighted by Crippen LogP contribution is 2.25. The summed E-state index contributed by atoms with van der Waals surface area (Å²) in [6.45, 7) is 3.96. The molecule has 1 heterocycles. The Kier molecular flexibility index (Phi) is 3.55. The summed E-state index contributed by atoms with van der Waals surface area (Å²) in [6, 6.07) is 5.97. The highest BCUT2D eigenvalue weighted by Gasteiger charge is 2.43.